The topological polar surface area (TPSA) is 24.1 Å². The quantitative estimate of drug-likeness (QED) is 0.831. The van der Waals surface area contributed by atoms with Crippen LogP contribution in [0.4, 0.5) is 5.69 Å². The van der Waals surface area contributed by atoms with Gasteiger partial charge in [0.05, 0.1) is 5.54 Å². The highest BCUT2D eigenvalue weighted by Crippen LogP contribution is 2.40. The van der Waals surface area contributed by atoms with Gasteiger partial charge in [0.15, 0.2) is 5.11 Å². The fourth-order valence-corrected chi connectivity index (χ4v) is 3.33. The van der Waals surface area contributed by atoms with Crippen molar-refractivity contribution in [2.45, 2.75) is 25.3 Å². The van der Waals surface area contributed by atoms with Crippen molar-refractivity contribution in [2.24, 2.45) is 0 Å². The summed E-state index contributed by atoms with van der Waals surface area (Å²) in [6.07, 6.45) is 2.09. The van der Waals surface area contributed by atoms with Crippen molar-refractivity contribution in [2.75, 3.05) is 5.32 Å². The highest BCUT2D eigenvalue weighted by molar-refractivity contribution is 7.80. The predicted molar refractivity (Wildman–Crippen MR) is 87.9 cm³/mol. The molecule has 3 heteroatoms. The maximum atomic E-state index is 5.42. The van der Waals surface area contributed by atoms with Gasteiger partial charge in [-0.2, -0.15) is 0 Å². The van der Waals surface area contributed by atoms with Gasteiger partial charge in [0, 0.05) is 11.3 Å². The molecule has 2 aromatic rings. The summed E-state index contributed by atoms with van der Waals surface area (Å²) in [6.45, 7) is 2.21. The number of anilines is 1. The minimum absolute atomic E-state index is 0.227. The molecule has 0 saturated carbocycles. The number of hydrogen-bond acceptors (Lipinski definition) is 1. The molecule has 0 bridgehead atoms. The van der Waals surface area contributed by atoms with Crippen LogP contribution < -0.4 is 10.6 Å². The third-order valence-corrected chi connectivity index (χ3v) is 4.06. The Hall–Kier alpha value is -1.87. The van der Waals surface area contributed by atoms with Gasteiger partial charge < -0.3 is 10.6 Å². The Bertz CT molecular complexity index is 624. The number of rotatable bonds is 3. The third-order valence-electron chi connectivity index (χ3n) is 3.85. The Labute approximate surface area is 125 Å². The molecule has 0 radical (unpaired) electrons. The first kappa shape index (κ1) is 13.1. The molecule has 20 heavy (non-hydrogen) atoms. The first-order chi connectivity index (χ1) is 9.76. The summed E-state index contributed by atoms with van der Waals surface area (Å²) in [7, 11) is 0. The van der Waals surface area contributed by atoms with Crippen LogP contribution in [0.1, 0.15) is 30.9 Å². The highest BCUT2D eigenvalue weighted by atomic mass is 32.1. The predicted octanol–water partition coefficient (Wildman–Crippen LogP) is 4.03. The van der Waals surface area contributed by atoms with E-state index in [1.165, 1.54) is 11.1 Å². The lowest BCUT2D eigenvalue weighted by molar-refractivity contribution is 0.431. The molecule has 1 atom stereocenters. The van der Waals surface area contributed by atoms with Gasteiger partial charge in [-0.05, 0) is 30.3 Å². The molecular weight excluding hydrogens is 264 g/mol. The van der Waals surface area contributed by atoms with E-state index in [0.29, 0.717) is 5.11 Å². The van der Waals surface area contributed by atoms with Crippen molar-refractivity contribution >= 4 is 23.0 Å². The third kappa shape index (κ3) is 2.08. The second kappa shape index (κ2) is 5.25. The molecule has 0 saturated heterocycles. The Morgan fingerprint density at radius 3 is 2.45 bits per heavy atom. The van der Waals surface area contributed by atoms with Crippen LogP contribution in [0.15, 0.2) is 54.6 Å². The van der Waals surface area contributed by atoms with E-state index in [1.807, 2.05) is 6.07 Å². The van der Waals surface area contributed by atoms with Crippen LogP contribution in [0.25, 0.3) is 0 Å². The zero-order valence-corrected chi connectivity index (χ0v) is 12.3. The first-order valence-corrected chi connectivity index (χ1v) is 7.41. The lowest BCUT2D eigenvalue weighted by Crippen LogP contribution is -2.52. The molecule has 1 unspecified atom stereocenters. The van der Waals surface area contributed by atoms with Crippen molar-refractivity contribution in [3.63, 3.8) is 0 Å². The summed E-state index contributed by atoms with van der Waals surface area (Å²) in [4.78, 5) is 0. The Kier molecular flexibility index (Phi) is 3.45. The zero-order valence-electron chi connectivity index (χ0n) is 11.5. The van der Waals surface area contributed by atoms with E-state index in [0.717, 1.165) is 18.5 Å². The molecule has 3 rings (SSSR count). The van der Waals surface area contributed by atoms with Gasteiger partial charge in [-0.3, -0.25) is 0 Å². The number of benzene rings is 2. The maximum Gasteiger partial charge on any atom is 0.171 e. The fraction of sp³-hybridized carbons (Fsp3) is 0.235. The Morgan fingerprint density at radius 2 is 1.70 bits per heavy atom. The van der Waals surface area contributed by atoms with Gasteiger partial charge in [0.2, 0.25) is 0 Å². The summed E-state index contributed by atoms with van der Waals surface area (Å²) in [5, 5.41) is 7.48. The van der Waals surface area contributed by atoms with Crippen LogP contribution in [0, 0.1) is 0 Å². The standard InChI is InChI=1S/C17H18N2S/c1-2-12-17(13-8-4-3-5-9-13)14-10-6-7-11-15(14)18-16(20)19-17/h3-11H,2,12H2,1H3,(H2,18,19,20). The average Bonchev–Trinajstić information content (AvgIpc) is 2.48. The molecule has 0 spiro atoms. The van der Waals surface area contributed by atoms with Crippen LogP contribution in [0.3, 0.4) is 0 Å². The number of thiocarbonyl (C=S) groups is 1. The van der Waals surface area contributed by atoms with E-state index in [4.69, 9.17) is 12.2 Å². The van der Waals surface area contributed by atoms with Gasteiger partial charge >= 0.3 is 0 Å². The van der Waals surface area contributed by atoms with E-state index in [2.05, 4.69) is 66.1 Å². The van der Waals surface area contributed by atoms with E-state index in [1.54, 1.807) is 0 Å². The highest BCUT2D eigenvalue weighted by Gasteiger charge is 2.38. The fourth-order valence-electron chi connectivity index (χ4n) is 3.05. The van der Waals surface area contributed by atoms with Crippen LogP contribution in [0.2, 0.25) is 0 Å². The van der Waals surface area contributed by atoms with Crippen molar-refractivity contribution in [3.05, 3.63) is 65.7 Å². The molecule has 0 aromatic heterocycles. The summed E-state index contributed by atoms with van der Waals surface area (Å²) in [6, 6.07) is 19.0. The molecule has 0 fully saturated rings. The second-order valence-electron chi connectivity index (χ2n) is 5.15. The Morgan fingerprint density at radius 1 is 1.00 bits per heavy atom. The monoisotopic (exact) mass is 282 g/mol. The molecule has 1 aliphatic rings. The molecular formula is C17H18N2S. The van der Waals surface area contributed by atoms with Crippen LogP contribution in [0.5, 0.6) is 0 Å². The van der Waals surface area contributed by atoms with Crippen molar-refractivity contribution < 1.29 is 0 Å². The summed E-state index contributed by atoms with van der Waals surface area (Å²) in [5.74, 6) is 0. The molecule has 2 N–H and O–H groups in total. The molecule has 1 heterocycles. The van der Waals surface area contributed by atoms with E-state index < -0.39 is 0 Å². The molecule has 0 amide bonds. The van der Waals surface area contributed by atoms with Crippen LogP contribution in [-0.4, -0.2) is 5.11 Å². The van der Waals surface area contributed by atoms with Gasteiger partial charge in [-0.1, -0.05) is 61.9 Å². The SMILES string of the molecule is CCCC1(c2ccccc2)NC(=S)Nc2ccccc21. The minimum atomic E-state index is -0.227. The number of hydrogen-bond donors (Lipinski definition) is 2. The van der Waals surface area contributed by atoms with Crippen molar-refractivity contribution in [1.29, 1.82) is 0 Å². The lowest BCUT2D eigenvalue weighted by atomic mass is 9.77. The van der Waals surface area contributed by atoms with Gasteiger partial charge in [-0.15, -0.1) is 0 Å². The van der Waals surface area contributed by atoms with Gasteiger partial charge in [0.1, 0.15) is 0 Å². The number of para-hydroxylation sites is 1. The van der Waals surface area contributed by atoms with E-state index in [9.17, 15) is 0 Å². The van der Waals surface area contributed by atoms with Crippen LogP contribution >= 0.6 is 12.2 Å². The first-order valence-electron chi connectivity index (χ1n) is 7.00. The summed E-state index contributed by atoms with van der Waals surface area (Å²) < 4.78 is 0. The number of fused-ring (bicyclic) bond motifs is 1. The average molecular weight is 282 g/mol. The van der Waals surface area contributed by atoms with Crippen molar-refractivity contribution in [1.82, 2.24) is 5.32 Å². The van der Waals surface area contributed by atoms with Gasteiger partial charge in [-0.25, -0.2) is 0 Å². The van der Waals surface area contributed by atoms with Gasteiger partial charge in [0.25, 0.3) is 0 Å². The number of nitrogens with one attached hydrogen (secondary N) is 2. The Balaban J connectivity index is 2.23. The molecule has 0 aliphatic carbocycles. The van der Waals surface area contributed by atoms with Crippen molar-refractivity contribution in [3.8, 4) is 0 Å². The smallest absolute Gasteiger partial charge is 0.171 e. The van der Waals surface area contributed by atoms with E-state index >= 15 is 0 Å². The lowest BCUT2D eigenvalue weighted by Gasteiger charge is -2.42. The zero-order chi connectivity index (χ0) is 14.0. The second-order valence-corrected chi connectivity index (χ2v) is 5.55. The molecule has 102 valence electrons. The molecule has 2 nitrogen and oxygen atoms in total. The van der Waals surface area contributed by atoms with Crippen LogP contribution in [-0.2, 0) is 5.54 Å². The summed E-state index contributed by atoms with van der Waals surface area (Å²) >= 11 is 5.42. The largest absolute Gasteiger partial charge is 0.349 e. The molecule has 1 aliphatic heterocycles. The maximum absolute atomic E-state index is 5.42. The van der Waals surface area contributed by atoms with E-state index in [-0.39, 0.29) is 5.54 Å². The molecule has 2 aromatic carbocycles. The minimum Gasteiger partial charge on any atom is -0.349 e. The normalized spacial score (nSPS) is 20.8. The summed E-state index contributed by atoms with van der Waals surface area (Å²) in [5.41, 5.74) is 3.41.